The molecule has 1 fully saturated rings. The first-order valence-corrected chi connectivity index (χ1v) is 4.02. The van der Waals surface area contributed by atoms with Gasteiger partial charge >= 0.3 is 5.97 Å². The highest BCUT2D eigenvalue weighted by molar-refractivity contribution is 5.88. The maximum absolute atomic E-state index is 10.7. The molecule has 1 rings (SSSR count). The quantitative estimate of drug-likeness (QED) is 0.320. The average Bonchev–Trinajstić information content (AvgIpc) is 2.49. The maximum atomic E-state index is 10.7. The highest BCUT2D eigenvalue weighted by Gasteiger charge is 2.25. The number of methoxy groups -OCH3 is 1. The molecule has 1 atom stereocenters. The molecule has 0 radical (unpaired) electrons. The summed E-state index contributed by atoms with van der Waals surface area (Å²) in [5.41, 5.74) is -0.186. The molecule has 3 nitrogen and oxygen atoms in total. The fourth-order valence-corrected chi connectivity index (χ4v) is 1.24. The minimum absolute atomic E-state index is 0.186. The van der Waals surface area contributed by atoms with Crippen LogP contribution in [0, 0.1) is 11.8 Å². The molecule has 0 aromatic heterocycles. The normalized spacial score (nSPS) is 27.5. The Morgan fingerprint density at radius 2 is 2.42 bits per heavy atom. The fraction of sp³-hybridized carbons (Fsp3) is 0.667. The van der Waals surface area contributed by atoms with Crippen LogP contribution in [0.2, 0.25) is 0 Å². The van der Waals surface area contributed by atoms with Crippen LogP contribution < -0.4 is 5.32 Å². The van der Waals surface area contributed by atoms with Crippen LogP contribution in [0.5, 0.6) is 0 Å². The summed E-state index contributed by atoms with van der Waals surface area (Å²) in [6.07, 6.45) is 2.11. The molecule has 1 aliphatic heterocycles. The predicted molar refractivity (Wildman–Crippen MR) is 45.4 cm³/mol. The zero-order chi connectivity index (χ0) is 9.03. The second-order valence-corrected chi connectivity index (χ2v) is 3.10. The molecular weight excluding hydrogens is 154 g/mol. The van der Waals surface area contributed by atoms with Crippen molar-refractivity contribution in [3.63, 3.8) is 0 Å². The molecule has 0 aromatic rings. The summed E-state index contributed by atoms with van der Waals surface area (Å²) in [5, 5.41) is 3.23. The third-order valence-electron chi connectivity index (χ3n) is 1.99. The van der Waals surface area contributed by atoms with Gasteiger partial charge in [-0.2, -0.15) is 0 Å². The first-order valence-electron chi connectivity index (χ1n) is 4.02. The Morgan fingerprint density at radius 3 is 2.92 bits per heavy atom. The molecule has 1 aliphatic rings. The first kappa shape index (κ1) is 9.08. The molecule has 0 aliphatic carbocycles. The van der Waals surface area contributed by atoms with E-state index in [9.17, 15) is 4.79 Å². The van der Waals surface area contributed by atoms with E-state index < -0.39 is 5.97 Å². The predicted octanol–water partition coefficient (Wildman–Crippen LogP) is 0.305. The molecule has 0 saturated carbocycles. The highest BCUT2D eigenvalue weighted by Crippen LogP contribution is 2.16. The van der Waals surface area contributed by atoms with Crippen molar-refractivity contribution >= 4 is 5.97 Å². The third-order valence-corrected chi connectivity index (χ3v) is 1.99. The van der Waals surface area contributed by atoms with Crippen molar-refractivity contribution in [2.24, 2.45) is 0 Å². The number of hydrogen-bond donors (Lipinski definition) is 1. The van der Waals surface area contributed by atoms with Gasteiger partial charge in [0.1, 0.15) is 0 Å². The van der Waals surface area contributed by atoms with Gasteiger partial charge in [0.2, 0.25) is 0 Å². The van der Waals surface area contributed by atoms with Gasteiger partial charge in [-0.15, -0.1) is 0 Å². The number of hydrogen-bond acceptors (Lipinski definition) is 3. The number of nitrogens with one attached hydrogen (secondary N) is 1. The Labute approximate surface area is 72.5 Å². The van der Waals surface area contributed by atoms with E-state index in [1.165, 1.54) is 7.11 Å². The lowest BCUT2D eigenvalue weighted by atomic mass is 10.0. The van der Waals surface area contributed by atoms with Crippen molar-refractivity contribution in [2.75, 3.05) is 13.7 Å². The minimum Gasteiger partial charge on any atom is -0.459 e. The van der Waals surface area contributed by atoms with Gasteiger partial charge in [0.05, 0.1) is 12.6 Å². The lowest BCUT2D eigenvalue weighted by Crippen LogP contribution is -2.34. The monoisotopic (exact) mass is 167 g/mol. The number of rotatable bonds is 0. The molecule has 1 heterocycles. The van der Waals surface area contributed by atoms with E-state index in [1.807, 2.05) is 6.92 Å². The molecule has 0 aromatic carbocycles. The van der Waals surface area contributed by atoms with Gasteiger partial charge in [-0.05, 0) is 26.3 Å². The van der Waals surface area contributed by atoms with Gasteiger partial charge in [-0.25, -0.2) is 4.79 Å². The Balaban J connectivity index is 2.57. The Kier molecular flexibility index (Phi) is 2.72. The van der Waals surface area contributed by atoms with Gasteiger partial charge in [-0.1, -0.05) is 5.92 Å². The molecule has 0 spiro atoms. The topological polar surface area (TPSA) is 38.3 Å². The van der Waals surface area contributed by atoms with Gasteiger partial charge in [0.25, 0.3) is 0 Å². The van der Waals surface area contributed by atoms with Gasteiger partial charge in [0, 0.05) is 5.92 Å². The van der Waals surface area contributed by atoms with Gasteiger partial charge in [-0.3, -0.25) is 0 Å². The van der Waals surface area contributed by atoms with Gasteiger partial charge < -0.3 is 10.1 Å². The zero-order valence-corrected chi connectivity index (χ0v) is 7.44. The van der Waals surface area contributed by atoms with E-state index in [-0.39, 0.29) is 5.54 Å². The lowest BCUT2D eigenvalue weighted by molar-refractivity contribution is -0.133. The smallest absolute Gasteiger partial charge is 0.384 e. The largest absolute Gasteiger partial charge is 0.459 e. The molecule has 1 N–H and O–H groups in total. The van der Waals surface area contributed by atoms with Crippen LogP contribution in [-0.4, -0.2) is 25.2 Å². The van der Waals surface area contributed by atoms with Crippen LogP contribution >= 0.6 is 0 Å². The van der Waals surface area contributed by atoms with Crippen molar-refractivity contribution < 1.29 is 9.53 Å². The number of esters is 1. The first-order chi connectivity index (χ1) is 5.66. The molecule has 0 amide bonds. The van der Waals surface area contributed by atoms with Crippen molar-refractivity contribution in [3.8, 4) is 11.8 Å². The van der Waals surface area contributed by atoms with Crippen molar-refractivity contribution in [1.29, 1.82) is 0 Å². The lowest BCUT2D eigenvalue weighted by Gasteiger charge is -2.15. The van der Waals surface area contributed by atoms with Crippen molar-refractivity contribution in [1.82, 2.24) is 5.32 Å². The molecule has 66 valence electrons. The number of carbonyl (C=O) groups excluding carboxylic acids is 1. The summed E-state index contributed by atoms with van der Waals surface area (Å²) in [7, 11) is 1.33. The van der Waals surface area contributed by atoms with Crippen molar-refractivity contribution in [2.45, 2.75) is 25.3 Å². The summed E-state index contributed by atoms with van der Waals surface area (Å²) in [6, 6.07) is 0. The van der Waals surface area contributed by atoms with Crippen LogP contribution in [0.1, 0.15) is 19.8 Å². The third kappa shape index (κ3) is 2.24. The zero-order valence-electron chi connectivity index (χ0n) is 7.44. The van der Waals surface area contributed by atoms with Crippen LogP contribution in [0.3, 0.4) is 0 Å². The van der Waals surface area contributed by atoms with Crippen LogP contribution in [0.25, 0.3) is 0 Å². The summed E-state index contributed by atoms with van der Waals surface area (Å²) >= 11 is 0. The van der Waals surface area contributed by atoms with Crippen molar-refractivity contribution in [3.05, 3.63) is 0 Å². The summed E-state index contributed by atoms with van der Waals surface area (Å²) < 4.78 is 4.41. The van der Waals surface area contributed by atoms with Crippen LogP contribution in [0.4, 0.5) is 0 Å². The van der Waals surface area contributed by atoms with E-state index >= 15 is 0 Å². The SMILES string of the molecule is COC(=O)C#C[C@@]1(C)CCCN1. The van der Waals surface area contributed by atoms with E-state index in [2.05, 4.69) is 21.9 Å². The minimum atomic E-state index is -0.468. The van der Waals surface area contributed by atoms with E-state index in [0.717, 1.165) is 19.4 Å². The Morgan fingerprint density at radius 1 is 1.67 bits per heavy atom. The molecule has 12 heavy (non-hydrogen) atoms. The molecule has 0 bridgehead atoms. The standard InChI is InChI=1S/C9H13NO2/c1-9(5-3-7-10-9)6-4-8(11)12-2/h10H,3,5,7H2,1-2H3/t9-/m1/s1. The molecule has 0 unspecified atom stereocenters. The van der Waals surface area contributed by atoms with Crippen LogP contribution in [-0.2, 0) is 9.53 Å². The molecule has 3 heteroatoms. The Bertz CT molecular complexity index is 231. The second-order valence-electron chi connectivity index (χ2n) is 3.10. The number of ether oxygens (including phenoxy) is 1. The summed E-state index contributed by atoms with van der Waals surface area (Å²) in [4.78, 5) is 10.7. The highest BCUT2D eigenvalue weighted by atomic mass is 16.5. The van der Waals surface area contributed by atoms with E-state index in [1.54, 1.807) is 0 Å². The van der Waals surface area contributed by atoms with Gasteiger partial charge in [0.15, 0.2) is 0 Å². The summed E-state index contributed by atoms with van der Waals surface area (Å²) in [6.45, 7) is 2.97. The Hall–Kier alpha value is -1.01. The fourth-order valence-electron chi connectivity index (χ4n) is 1.24. The van der Waals surface area contributed by atoms with E-state index in [0.29, 0.717) is 0 Å². The van der Waals surface area contributed by atoms with Crippen LogP contribution in [0.15, 0.2) is 0 Å². The van der Waals surface area contributed by atoms with E-state index in [4.69, 9.17) is 0 Å². The molecular formula is C9H13NO2. The average molecular weight is 167 g/mol. The molecule has 1 saturated heterocycles. The summed E-state index contributed by atoms with van der Waals surface area (Å²) in [5.74, 6) is 4.85. The number of carbonyl (C=O) groups is 1. The second kappa shape index (κ2) is 3.59. The maximum Gasteiger partial charge on any atom is 0.384 e.